The molecule has 2 aromatic heterocycles. The zero-order valence-corrected chi connectivity index (χ0v) is 12.0. The Kier molecular flexibility index (Phi) is 3.07. The van der Waals surface area contributed by atoms with Gasteiger partial charge >= 0.3 is 0 Å². The van der Waals surface area contributed by atoms with Gasteiger partial charge < -0.3 is 0 Å². The van der Waals surface area contributed by atoms with Crippen molar-refractivity contribution in [2.75, 3.05) is 5.32 Å². The molecule has 0 atom stereocenters. The van der Waals surface area contributed by atoms with Gasteiger partial charge in [0.1, 0.15) is 0 Å². The smallest absolute Gasteiger partial charge is 0.249 e. The molecule has 0 saturated heterocycles. The number of carbonyl (C=O) groups excluding carboxylic acids is 1. The lowest BCUT2D eigenvalue weighted by Gasteiger charge is -2.04. The van der Waals surface area contributed by atoms with Crippen LogP contribution in [0.2, 0.25) is 0 Å². The molecule has 0 aliphatic heterocycles. The number of carbonyl (C=O) groups is 1. The third kappa shape index (κ3) is 2.54. The Hall–Kier alpha value is -2.83. The van der Waals surface area contributed by atoms with Crippen molar-refractivity contribution in [2.24, 2.45) is 5.92 Å². The van der Waals surface area contributed by atoms with Crippen LogP contribution in [-0.4, -0.2) is 20.5 Å². The zero-order chi connectivity index (χ0) is 16.0. The lowest BCUT2D eigenvalue weighted by molar-refractivity contribution is -0.117. The van der Waals surface area contributed by atoms with Gasteiger partial charge in [-0.15, -0.1) is 5.10 Å². The van der Waals surface area contributed by atoms with Gasteiger partial charge in [0, 0.05) is 11.5 Å². The first-order chi connectivity index (χ1) is 11.1. The number of hydrogen-bond donors (Lipinski definition) is 1. The summed E-state index contributed by atoms with van der Waals surface area (Å²) in [5, 5.41) is 6.93. The highest BCUT2D eigenvalue weighted by molar-refractivity contribution is 5.92. The number of aromatic nitrogens is 3. The van der Waals surface area contributed by atoms with E-state index < -0.39 is 11.6 Å². The third-order valence-corrected chi connectivity index (χ3v) is 3.76. The molecule has 0 radical (unpaired) electrons. The number of rotatable bonds is 3. The number of anilines is 1. The van der Waals surface area contributed by atoms with Crippen molar-refractivity contribution < 1.29 is 13.6 Å². The van der Waals surface area contributed by atoms with Crippen molar-refractivity contribution >= 4 is 17.5 Å². The van der Waals surface area contributed by atoms with E-state index in [2.05, 4.69) is 15.4 Å². The normalized spacial score (nSPS) is 14.2. The second-order valence-electron chi connectivity index (χ2n) is 5.51. The molecule has 2 heterocycles. The highest BCUT2D eigenvalue weighted by Crippen LogP contribution is 2.30. The molecule has 1 fully saturated rings. The highest BCUT2D eigenvalue weighted by Gasteiger charge is 2.30. The minimum Gasteiger partial charge on any atom is -0.293 e. The van der Waals surface area contributed by atoms with Crippen LogP contribution in [0.3, 0.4) is 0 Å². The average Bonchev–Trinajstić information content (AvgIpc) is 3.30. The van der Waals surface area contributed by atoms with Crippen molar-refractivity contribution in [3.05, 3.63) is 48.0 Å². The summed E-state index contributed by atoms with van der Waals surface area (Å²) in [4.78, 5) is 16.0. The molecule has 0 spiro atoms. The molecule has 1 aromatic carbocycles. The number of amides is 1. The van der Waals surface area contributed by atoms with Crippen LogP contribution < -0.4 is 5.32 Å². The zero-order valence-electron chi connectivity index (χ0n) is 12.0. The molecular formula is C16H12F2N4O. The number of benzene rings is 1. The first-order valence-electron chi connectivity index (χ1n) is 7.24. The summed E-state index contributed by atoms with van der Waals surface area (Å²) in [7, 11) is 0. The van der Waals surface area contributed by atoms with Gasteiger partial charge in [0.25, 0.3) is 0 Å². The largest absolute Gasteiger partial charge is 0.293 e. The number of nitrogens with one attached hydrogen (secondary N) is 1. The number of fused-ring (bicyclic) bond motifs is 1. The van der Waals surface area contributed by atoms with Crippen molar-refractivity contribution in [1.82, 2.24) is 14.6 Å². The number of hydrogen-bond acceptors (Lipinski definition) is 3. The van der Waals surface area contributed by atoms with Crippen LogP contribution in [0.4, 0.5) is 14.7 Å². The second-order valence-corrected chi connectivity index (χ2v) is 5.51. The fraction of sp³-hybridized carbons (Fsp3) is 0.188. The van der Waals surface area contributed by atoms with Crippen LogP contribution in [0.1, 0.15) is 12.8 Å². The van der Waals surface area contributed by atoms with E-state index in [-0.39, 0.29) is 17.8 Å². The Labute approximate surface area is 130 Å². The average molecular weight is 314 g/mol. The molecule has 116 valence electrons. The summed E-state index contributed by atoms with van der Waals surface area (Å²) in [6, 6.07) is 8.83. The van der Waals surface area contributed by atoms with E-state index in [9.17, 15) is 13.6 Å². The Balaban J connectivity index is 1.75. The van der Waals surface area contributed by atoms with Gasteiger partial charge in [-0.1, -0.05) is 6.07 Å². The fourth-order valence-electron chi connectivity index (χ4n) is 2.39. The molecule has 1 aliphatic rings. The van der Waals surface area contributed by atoms with Crippen LogP contribution in [0.15, 0.2) is 36.4 Å². The van der Waals surface area contributed by atoms with Gasteiger partial charge in [0.05, 0.1) is 5.69 Å². The molecule has 1 aliphatic carbocycles. The molecule has 1 N–H and O–H groups in total. The maximum absolute atomic E-state index is 13.5. The van der Waals surface area contributed by atoms with Gasteiger partial charge in [-0.05, 0) is 43.2 Å². The number of pyridine rings is 1. The van der Waals surface area contributed by atoms with Crippen LogP contribution >= 0.6 is 0 Å². The minimum absolute atomic E-state index is 0.0484. The third-order valence-electron chi connectivity index (χ3n) is 3.76. The lowest BCUT2D eigenvalue weighted by atomic mass is 10.1. The SMILES string of the molecule is O=C(Nc1nc2cccc(-c3ccc(F)c(F)c3)n2n1)C1CC1. The Morgan fingerprint density at radius 1 is 1.17 bits per heavy atom. The first kappa shape index (κ1) is 13.8. The molecule has 0 bridgehead atoms. The molecule has 3 aromatic rings. The standard InChI is InChI=1S/C16H12F2N4O/c17-11-7-6-10(8-12(11)18)13-2-1-3-14-19-16(21-22(13)14)20-15(23)9-4-5-9/h1-3,6-9H,4-5H2,(H,20,21,23). The predicted molar refractivity (Wildman–Crippen MR) is 79.7 cm³/mol. The van der Waals surface area contributed by atoms with Crippen LogP contribution in [0.5, 0.6) is 0 Å². The molecule has 7 heteroatoms. The van der Waals surface area contributed by atoms with E-state index in [4.69, 9.17) is 0 Å². The van der Waals surface area contributed by atoms with E-state index in [1.54, 1.807) is 18.2 Å². The van der Waals surface area contributed by atoms with Gasteiger partial charge in [0.2, 0.25) is 11.9 Å². The number of halogens is 2. The molecule has 1 saturated carbocycles. The van der Waals surface area contributed by atoms with Crippen molar-refractivity contribution in [3.63, 3.8) is 0 Å². The van der Waals surface area contributed by atoms with Crippen LogP contribution in [0, 0.1) is 17.6 Å². The lowest BCUT2D eigenvalue weighted by Crippen LogP contribution is -2.14. The number of nitrogens with zero attached hydrogens (tertiary/aromatic N) is 3. The first-order valence-corrected chi connectivity index (χ1v) is 7.24. The molecule has 5 nitrogen and oxygen atoms in total. The summed E-state index contributed by atoms with van der Waals surface area (Å²) >= 11 is 0. The maximum atomic E-state index is 13.5. The highest BCUT2D eigenvalue weighted by atomic mass is 19.2. The molecule has 1 amide bonds. The maximum Gasteiger partial charge on any atom is 0.249 e. The summed E-state index contributed by atoms with van der Waals surface area (Å²) in [6.45, 7) is 0. The molecular weight excluding hydrogens is 302 g/mol. The molecule has 23 heavy (non-hydrogen) atoms. The molecule has 0 unspecified atom stereocenters. The van der Waals surface area contributed by atoms with Crippen molar-refractivity contribution in [3.8, 4) is 11.3 Å². The Bertz CT molecular complexity index is 918. The topological polar surface area (TPSA) is 59.3 Å². The van der Waals surface area contributed by atoms with E-state index >= 15 is 0 Å². The van der Waals surface area contributed by atoms with E-state index in [0.29, 0.717) is 16.9 Å². The van der Waals surface area contributed by atoms with Gasteiger partial charge in [-0.3, -0.25) is 10.1 Å². The van der Waals surface area contributed by atoms with Crippen molar-refractivity contribution in [1.29, 1.82) is 0 Å². The molecule has 4 rings (SSSR count). The summed E-state index contributed by atoms with van der Waals surface area (Å²) in [6.07, 6.45) is 1.78. The predicted octanol–water partition coefficient (Wildman–Crippen LogP) is 3.02. The van der Waals surface area contributed by atoms with Gasteiger partial charge in [-0.2, -0.15) is 4.98 Å². The fourth-order valence-corrected chi connectivity index (χ4v) is 2.39. The van der Waals surface area contributed by atoms with Gasteiger partial charge in [0.15, 0.2) is 17.3 Å². The summed E-state index contributed by atoms with van der Waals surface area (Å²) in [5.74, 6) is -1.67. The van der Waals surface area contributed by atoms with Crippen LogP contribution in [-0.2, 0) is 4.79 Å². The Morgan fingerprint density at radius 2 is 2.00 bits per heavy atom. The quantitative estimate of drug-likeness (QED) is 0.808. The summed E-state index contributed by atoms with van der Waals surface area (Å²) < 4.78 is 28.1. The Morgan fingerprint density at radius 3 is 2.74 bits per heavy atom. The summed E-state index contributed by atoms with van der Waals surface area (Å²) in [5.41, 5.74) is 1.54. The van der Waals surface area contributed by atoms with Gasteiger partial charge in [-0.25, -0.2) is 13.3 Å². The van der Waals surface area contributed by atoms with E-state index in [1.807, 2.05) is 0 Å². The van der Waals surface area contributed by atoms with Crippen LogP contribution in [0.25, 0.3) is 16.9 Å². The van der Waals surface area contributed by atoms with E-state index in [1.165, 1.54) is 10.6 Å². The van der Waals surface area contributed by atoms with Crippen molar-refractivity contribution in [2.45, 2.75) is 12.8 Å². The van der Waals surface area contributed by atoms with E-state index in [0.717, 1.165) is 25.0 Å². The minimum atomic E-state index is -0.929. The second kappa shape index (κ2) is 5.12. The monoisotopic (exact) mass is 314 g/mol.